The minimum atomic E-state index is 0. The van der Waals surface area contributed by atoms with Crippen molar-refractivity contribution in [3.05, 3.63) is 24.3 Å². The molecule has 2 heterocycles. The second-order valence-corrected chi connectivity index (χ2v) is 4.82. The molecule has 1 saturated heterocycles. The summed E-state index contributed by atoms with van der Waals surface area (Å²) in [5, 5.41) is 3.25. The molecular weight excluding hydrogens is 313 g/mol. The summed E-state index contributed by atoms with van der Waals surface area (Å²) in [6.07, 6.45) is 5.68. The van der Waals surface area contributed by atoms with Gasteiger partial charge in [-0.25, -0.2) is 0 Å². The largest absolute Gasteiger partial charge is 0.340 e. The topological polar surface area (TPSA) is 61.4 Å². The summed E-state index contributed by atoms with van der Waals surface area (Å²) < 4.78 is 0. The lowest BCUT2D eigenvalue weighted by Gasteiger charge is -2.28. The molecule has 0 atom stereocenters. The number of nitrogens with one attached hydrogen (secondary N) is 1. The molecule has 0 saturated carbocycles. The van der Waals surface area contributed by atoms with Gasteiger partial charge < -0.3 is 10.2 Å². The maximum absolute atomic E-state index is 12.0. The summed E-state index contributed by atoms with van der Waals surface area (Å²) >= 11 is 0. The quantitative estimate of drug-likeness (QED) is 0.852. The monoisotopic (exact) mass is 335 g/mol. The minimum absolute atomic E-state index is 0. The summed E-state index contributed by atoms with van der Waals surface area (Å²) in [6.45, 7) is 4.93. The fourth-order valence-corrected chi connectivity index (χ4v) is 2.13. The molecule has 1 fully saturated rings. The van der Waals surface area contributed by atoms with Crippen molar-refractivity contribution in [1.82, 2.24) is 25.1 Å². The molecule has 1 amide bonds. The van der Waals surface area contributed by atoms with E-state index in [0.717, 1.165) is 45.0 Å². The first kappa shape index (κ1) is 20.1. The van der Waals surface area contributed by atoms with Crippen LogP contribution in [-0.4, -0.2) is 65.4 Å². The maximum Gasteiger partial charge on any atom is 0.223 e. The number of hydrogen-bond donors (Lipinski definition) is 1. The number of amides is 1. The Morgan fingerprint density at radius 1 is 1.33 bits per heavy atom. The summed E-state index contributed by atoms with van der Waals surface area (Å²) in [6, 6.07) is 0. The molecule has 1 aliphatic rings. The van der Waals surface area contributed by atoms with Crippen molar-refractivity contribution in [2.45, 2.75) is 13.0 Å². The summed E-state index contributed by atoms with van der Waals surface area (Å²) in [5.41, 5.74) is 0.930. The first-order chi connectivity index (χ1) is 9.25. The summed E-state index contributed by atoms with van der Waals surface area (Å²) in [4.78, 5) is 24.3. The molecule has 1 N–H and O–H groups in total. The van der Waals surface area contributed by atoms with Crippen LogP contribution in [0.5, 0.6) is 0 Å². The van der Waals surface area contributed by atoms with Crippen molar-refractivity contribution in [2.75, 3.05) is 39.8 Å². The van der Waals surface area contributed by atoms with Crippen LogP contribution in [0.15, 0.2) is 18.6 Å². The van der Waals surface area contributed by atoms with E-state index in [1.165, 1.54) is 0 Å². The van der Waals surface area contributed by atoms with E-state index in [2.05, 4.69) is 20.2 Å². The molecule has 1 aromatic heterocycles. The van der Waals surface area contributed by atoms with Crippen molar-refractivity contribution >= 4 is 30.7 Å². The predicted octanol–water partition coefficient (Wildman–Crippen LogP) is 0.574. The van der Waals surface area contributed by atoms with E-state index in [1.807, 2.05) is 11.9 Å². The molecule has 120 valence electrons. The van der Waals surface area contributed by atoms with Crippen molar-refractivity contribution in [3.8, 4) is 0 Å². The number of piperazine rings is 1. The summed E-state index contributed by atoms with van der Waals surface area (Å²) in [7, 11) is 2.00. The highest BCUT2D eigenvalue weighted by molar-refractivity contribution is 5.85. The molecule has 6 nitrogen and oxygen atoms in total. The molecule has 2 rings (SSSR count). The molecule has 0 aliphatic carbocycles. The van der Waals surface area contributed by atoms with Gasteiger partial charge in [0.15, 0.2) is 0 Å². The third-order valence-corrected chi connectivity index (χ3v) is 3.23. The van der Waals surface area contributed by atoms with E-state index >= 15 is 0 Å². The van der Waals surface area contributed by atoms with Crippen LogP contribution >= 0.6 is 24.8 Å². The van der Waals surface area contributed by atoms with Gasteiger partial charge in [-0.3, -0.25) is 19.7 Å². The van der Waals surface area contributed by atoms with Crippen LogP contribution in [-0.2, 0) is 11.3 Å². The molecule has 0 aromatic carbocycles. The molecule has 0 spiro atoms. The highest BCUT2D eigenvalue weighted by Gasteiger charge is 2.16. The summed E-state index contributed by atoms with van der Waals surface area (Å²) in [5.74, 6) is 0.243. The third kappa shape index (κ3) is 7.04. The van der Waals surface area contributed by atoms with Crippen LogP contribution in [0.4, 0.5) is 0 Å². The number of halogens is 2. The van der Waals surface area contributed by atoms with Gasteiger partial charge >= 0.3 is 0 Å². The zero-order valence-corrected chi connectivity index (χ0v) is 13.8. The Bertz CT molecular complexity index is 401. The van der Waals surface area contributed by atoms with Gasteiger partial charge in [0.05, 0.1) is 5.69 Å². The van der Waals surface area contributed by atoms with Gasteiger partial charge in [0.1, 0.15) is 0 Å². The first-order valence-corrected chi connectivity index (χ1v) is 6.67. The van der Waals surface area contributed by atoms with Gasteiger partial charge in [-0.05, 0) is 7.05 Å². The smallest absolute Gasteiger partial charge is 0.223 e. The number of carbonyl (C=O) groups excluding carboxylic acids is 1. The van der Waals surface area contributed by atoms with Crippen LogP contribution in [0, 0.1) is 0 Å². The SMILES string of the molecule is CN(CCC(=O)N1CCNCC1)Cc1cnccn1.Cl.Cl. The molecule has 0 bridgehead atoms. The molecule has 8 heteroatoms. The number of carbonyl (C=O) groups is 1. The highest BCUT2D eigenvalue weighted by atomic mass is 35.5. The molecule has 21 heavy (non-hydrogen) atoms. The fraction of sp³-hybridized carbons (Fsp3) is 0.615. The number of rotatable bonds is 5. The van der Waals surface area contributed by atoms with Gasteiger partial charge in [0.2, 0.25) is 5.91 Å². The van der Waals surface area contributed by atoms with Gasteiger partial charge in [-0.15, -0.1) is 24.8 Å². The standard InChI is InChI=1S/C13H21N5O.2ClH/c1-17(11-12-10-15-3-4-16-12)7-2-13(19)18-8-5-14-6-9-18;;/h3-4,10,14H,2,5-9,11H2,1H3;2*1H. The molecule has 0 unspecified atom stereocenters. The Morgan fingerprint density at radius 2 is 2.05 bits per heavy atom. The Hall–Kier alpha value is -0.950. The van der Waals surface area contributed by atoms with Crippen LogP contribution in [0.1, 0.15) is 12.1 Å². The van der Waals surface area contributed by atoms with Gasteiger partial charge in [-0.2, -0.15) is 0 Å². The maximum atomic E-state index is 12.0. The van der Waals surface area contributed by atoms with E-state index in [9.17, 15) is 4.79 Å². The Morgan fingerprint density at radius 3 is 2.67 bits per heavy atom. The molecule has 1 aromatic rings. The average Bonchev–Trinajstić information content (AvgIpc) is 2.47. The van der Waals surface area contributed by atoms with Crippen molar-refractivity contribution in [2.24, 2.45) is 0 Å². The molecule has 1 aliphatic heterocycles. The lowest BCUT2D eigenvalue weighted by atomic mass is 10.3. The Labute approximate surface area is 138 Å². The Balaban J connectivity index is 0.00000200. The third-order valence-electron chi connectivity index (χ3n) is 3.23. The zero-order valence-electron chi connectivity index (χ0n) is 12.2. The predicted molar refractivity (Wildman–Crippen MR) is 86.9 cm³/mol. The highest BCUT2D eigenvalue weighted by Crippen LogP contribution is 2.01. The first-order valence-electron chi connectivity index (χ1n) is 6.67. The van der Waals surface area contributed by atoms with E-state index in [0.29, 0.717) is 6.42 Å². The van der Waals surface area contributed by atoms with Crippen LogP contribution in [0.2, 0.25) is 0 Å². The molecule has 0 radical (unpaired) electrons. The molecular formula is C13H23Cl2N5O. The van der Waals surface area contributed by atoms with E-state index in [4.69, 9.17) is 0 Å². The average molecular weight is 336 g/mol. The zero-order chi connectivity index (χ0) is 13.5. The van der Waals surface area contributed by atoms with Gasteiger partial charge in [0.25, 0.3) is 0 Å². The van der Waals surface area contributed by atoms with Crippen molar-refractivity contribution in [1.29, 1.82) is 0 Å². The number of hydrogen-bond acceptors (Lipinski definition) is 5. The minimum Gasteiger partial charge on any atom is -0.340 e. The van der Waals surface area contributed by atoms with Gasteiger partial charge in [0, 0.05) is 64.3 Å². The lowest BCUT2D eigenvalue weighted by Crippen LogP contribution is -2.47. The van der Waals surface area contributed by atoms with Crippen LogP contribution in [0.25, 0.3) is 0 Å². The Kier molecular flexibility index (Phi) is 10.2. The van der Waals surface area contributed by atoms with E-state index in [1.54, 1.807) is 18.6 Å². The van der Waals surface area contributed by atoms with Gasteiger partial charge in [-0.1, -0.05) is 0 Å². The van der Waals surface area contributed by atoms with Crippen molar-refractivity contribution in [3.63, 3.8) is 0 Å². The lowest BCUT2D eigenvalue weighted by molar-refractivity contribution is -0.132. The number of aromatic nitrogens is 2. The van der Waals surface area contributed by atoms with E-state index in [-0.39, 0.29) is 30.7 Å². The van der Waals surface area contributed by atoms with Crippen molar-refractivity contribution < 1.29 is 4.79 Å². The fourth-order valence-electron chi connectivity index (χ4n) is 2.13. The second kappa shape index (κ2) is 10.7. The van der Waals surface area contributed by atoms with E-state index < -0.39 is 0 Å². The normalized spacial score (nSPS) is 14.3. The second-order valence-electron chi connectivity index (χ2n) is 4.82. The van der Waals surface area contributed by atoms with Crippen LogP contribution in [0.3, 0.4) is 0 Å². The number of nitrogens with zero attached hydrogens (tertiary/aromatic N) is 4. The van der Waals surface area contributed by atoms with Crippen LogP contribution < -0.4 is 5.32 Å².